The van der Waals surface area contributed by atoms with Crippen molar-refractivity contribution in [3.8, 4) is 11.5 Å². The van der Waals surface area contributed by atoms with E-state index in [-0.39, 0.29) is 0 Å². The molecule has 1 heterocycles. The fourth-order valence-corrected chi connectivity index (χ4v) is 2.95. The Labute approximate surface area is 166 Å². The third kappa shape index (κ3) is 5.54. The summed E-state index contributed by atoms with van der Waals surface area (Å²) in [6.07, 6.45) is 4.81. The van der Waals surface area contributed by atoms with Crippen molar-refractivity contribution in [3.63, 3.8) is 0 Å². The molecule has 0 aliphatic heterocycles. The second-order valence-electron chi connectivity index (χ2n) is 5.41. The predicted molar refractivity (Wildman–Crippen MR) is 111 cm³/mol. The lowest BCUT2D eigenvalue weighted by Gasteiger charge is -2.08. The molecule has 0 unspecified atom stereocenters. The molecule has 136 valence electrons. The Kier molecular flexibility index (Phi) is 6.41. The molecule has 27 heavy (non-hydrogen) atoms. The van der Waals surface area contributed by atoms with E-state index in [2.05, 4.69) is 4.99 Å². The number of nitrogens with zero attached hydrogens (tertiary/aromatic N) is 1. The lowest BCUT2D eigenvalue weighted by Crippen LogP contribution is -2.05. The van der Waals surface area contributed by atoms with Gasteiger partial charge in [0.05, 0.1) is 12.8 Å². The van der Waals surface area contributed by atoms with Gasteiger partial charge in [-0.2, -0.15) is 0 Å². The molecule has 4 nitrogen and oxygen atoms in total. The van der Waals surface area contributed by atoms with Gasteiger partial charge in [-0.05, 0) is 65.6 Å². The van der Waals surface area contributed by atoms with E-state index in [9.17, 15) is 4.79 Å². The maximum absolute atomic E-state index is 12.0. The van der Waals surface area contributed by atoms with E-state index in [1.165, 1.54) is 13.2 Å². The number of rotatable bonds is 6. The minimum atomic E-state index is -0.468. The molecule has 1 aromatic heterocycles. The molecule has 0 saturated carbocycles. The van der Waals surface area contributed by atoms with Gasteiger partial charge >= 0.3 is 5.97 Å². The summed E-state index contributed by atoms with van der Waals surface area (Å²) in [4.78, 5) is 17.4. The molecular weight excluding hydrogens is 382 g/mol. The smallest absolute Gasteiger partial charge is 0.336 e. The number of hydrogen-bond donors (Lipinski definition) is 0. The highest BCUT2D eigenvalue weighted by molar-refractivity contribution is 7.10. The summed E-state index contributed by atoms with van der Waals surface area (Å²) in [5.74, 6) is 0.333. The summed E-state index contributed by atoms with van der Waals surface area (Å²) in [6.45, 7) is 0. The molecule has 0 amide bonds. The number of hydrogen-bond acceptors (Lipinski definition) is 5. The first-order chi connectivity index (χ1) is 13.1. The van der Waals surface area contributed by atoms with Crippen molar-refractivity contribution >= 4 is 46.9 Å². The molecule has 6 heteroatoms. The van der Waals surface area contributed by atoms with Gasteiger partial charge in [0.25, 0.3) is 0 Å². The molecule has 0 saturated heterocycles. The SMILES string of the molecule is COc1cc(C=Nc2ccc(Cl)cc2)ccc1OC(=O)/C=C/c1cccs1. The lowest BCUT2D eigenvalue weighted by molar-refractivity contribution is -0.129. The average molecular weight is 398 g/mol. The van der Waals surface area contributed by atoms with Crippen molar-refractivity contribution in [2.75, 3.05) is 7.11 Å². The van der Waals surface area contributed by atoms with Gasteiger partial charge in [-0.3, -0.25) is 4.99 Å². The Hall–Kier alpha value is -2.89. The number of carbonyl (C=O) groups is 1. The summed E-state index contributed by atoms with van der Waals surface area (Å²) in [5, 5.41) is 2.60. The molecule has 3 rings (SSSR count). The zero-order valence-corrected chi connectivity index (χ0v) is 16.0. The molecule has 0 radical (unpaired) electrons. The fraction of sp³-hybridized carbons (Fsp3) is 0.0476. The Morgan fingerprint density at radius 3 is 2.63 bits per heavy atom. The van der Waals surface area contributed by atoms with Gasteiger partial charge in [-0.15, -0.1) is 11.3 Å². The third-order valence-corrected chi connectivity index (χ3v) is 4.60. The van der Waals surface area contributed by atoms with Gasteiger partial charge in [-0.1, -0.05) is 17.7 Å². The number of methoxy groups -OCH3 is 1. The Morgan fingerprint density at radius 1 is 1.11 bits per heavy atom. The predicted octanol–water partition coefficient (Wildman–Crippen LogP) is 5.78. The van der Waals surface area contributed by atoms with Gasteiger partial charge < -0.3 is 9.47 Å². The third-order valence-electron chi connectivity index (χ3n) is 3.51. The molecule has 0 N–H and O–H groups in total. The highest BCUT2D eigenvalue weighted by Gasteiger charge is 2.08. The normalized spacial score (nSPS) is 11.2. The van der Waals surface area contributed by atoms with Crippen molar-refractivity contribution in [2.45, 2.75) is 0 Å². The zero-order chi connectivity index (χ0) is 19.1. The number of thiophene rings is 1. The zero-order valence-electron chi connectivity index (χ0n) is 14.5. The largest absolute Gasteiger partial charge is 0.493 e. The minimum Gasteiger partial charge on any atom is -0.493 e. The van der Waals surface area contributed by atoms with Crippen LogP contribution in [0.15, 0.2) is 71.0 Å². The quantitative estimate of drug-likeness (QED) is 0.229. The highest BCUT2D eigenvalue weighted by atomic mass is 35.5. The lowest BCUT2D eigenvalue weighted by atomic mass is 10.2. The van der Waals surface area contributed by atoms with E-state index in [1.54, 1.807) is 54.0 Å². The van der Waals surface area contributed by atoms with Crippen molar-refractivity contribution < 1.29 is 14.3 Å². The van der Waals surface area contributed by atoms with Gasteiger partial charge in [0, 0.05) is 22.2 Å². The standard InChI is InChI=1S/C21H16ClNO3S/c1-25-20-13-15(14-23-17-7-5-16(22)6-8-17)4-10-19(20)26-21(24)11-9-18-3-2-12-27-18/h2-14H,1H3/b11-9+,23-14?. The maximum Gasteiger partial charge on any atom is 0.336 e. The van der Waals surface area contributed by atoms with Crippen LogP contribution in [0.4, 0.5) is 5.69 Å². The van der Waals surface area contributed by atoms with Crippen molar-refractivity contribution in [1.29, 1.82) is 0 Å². The molecule has 2 aromatic carbocycles. The monoisotopic (exact) mass is 397 g/mol. The number of carbonyl (C=O) groups excluding carboxylic acids is 1. The van der Waals surface area contributed by atoms with Gasteiger partial charge in [-0.25, -0.2) is 4.79 Å². The van der Waals surface area contributed by atoms with Crippen LogP contribution in [-0.2, 0) is 4.79 Å². The van der Waals surface area contributed by atoms with Gasteiger partial charge in [0.2, 0.25) is 0 Å². The van der Waals surface area contributed by atoms with Crippen LogP contribution in [0.2, 0.25) is 5.02 Å². The number of aliphatic imine (C=N–C) groups is 1. The molecule has 0 atom stereocenters. The highest BCUT2D eigenvalue weighted by Crippen LogP contribution is 2.28. The second kappa shape index (κ2) is 9.16. The molecule has 0 spiro atoms. The van der Waals surface area contributed by atoms with Crippen molar-refractivity contribution in [1.82, 2.24) is 0 Å². The maximum atomic E-state index is 12.0. The van der Waals surface area contributed by atoms with Crippen LogP contribution in [0, 0.1) is 0 Å². The summed E-state index contributed by atoms with van der Waals surface area (Å²) in [5.41, 5.74) is 1.60. The molecule has 3 aromatic rings. The Balaban J connectivity index is 1.70. The van der Waals surface area contributed by atoms with E-state index in [4.69, 9.17) is 21.1 Å². The molecular formula is C21H16ClNO3S. The summed E-state index contributed by atoms with van der Waals surface area (Å²) in [7, 11) is 1.52. The van der Waals surface area contributed by atoms with E-state index in [0.717, 1.165) is 16.1 Å². The fourth-order valence-electron chi connectivity index (χ4n) is 2.20. The summed E-state index contributed by atoms with van der Waals surface area (Å²) in [6, 6.07) is 16.3. The van der Waals surface area contributed by atoms with Crippen LogP contribution in [-0.4, -0.2) is 19.3 Å². The molecule has 0 bridgehead atoms. The minimum absolute atomic E-state index is 0.349. The van der Waals surface area contributed by atoms with Crippen LogP contribution in [0.3, 0.4) is 0 Å². The number of ether oxygens (including phenoxy) is 2. The second-order valence-corrected chi connectivity index (χ2v) is 6.83. The van der Waals surface area contributed by atoms with E-state index in [1.807, 2.05) is 29.6 Å². The molecule has 0 aliphatic carbocycles. The number of benzene rings is 2. The molecule has 0 aliphatic rings. The van der Waals surface area contributed by atoms with Crippen LogP contribution < -0.4 is 9.47 Å². The Bertz CT molecular complexity index is 964. The van der Waals surface area contributed by atoms with Crippen LogP contribution in [0.5, 0.6) is 11.5 Å². The van der Waals surface area contributed by atoms with E-state index in [0.29, 0.717) is 16.5 Å². The van der Waals surface area contributed by atoms with Crippen molar-refractivity contribution in [3.05, 3.63) is 81.5 Å². The number of halogens is 1. The first kappa shape index (κ1) is 18.9. The van der Waals surface area contributed by atoms with E-state index < -0.39 is 5.97 Å². The molecule has 0 fully saturated rings. The van der Waals surface area contributed by atoms with Crippen LogP contribution in [0.1, 0.15) is 10.4 Å². The Morgan fingerprint density at radius 2 is 1.93 bits per heavy atom. The van der Waals surface area contributed by atoms with Crippen molar-refractivity contribution in [2.24, 2.45) is 4.99 Å². The van der Waals surface area contributed by atoms with E-state index >= 15 is 0 Å². The first-order valence-corrected chi connectivity index (χ1v) is 9.31. The van der Waals surface area contributed by atoms with Gasteiger partial charge in [0.15, 0.2) is 11.5 Å². The first-order valence-electron chi connectivity index (χ1n) is 8.05. The van der Waals surface area contributed by atoms with Gasteiger partial charge in [0.1, 0.15) is 0 Å². The summed E-state index contributed by atoms with van der Waals surface area (Å²) < 4.78 is 10.7. The summed E-state index contributed by atoms with van der Waals surface area (Å²) >= 11 is 7.41. The average Bonchev–Trinajstić information content (AvgIpc) is 3.20. The van der Waals surface area contributed by atoms with Crippen LogP contribution in [0.25, 0.3) is 6.08 Å². The van der Waals surface area contributed by atoms with Crippen LogP contribution >= 0.6 is 22.9 Å². The number of esters is 1. The topological polar surface area (TPSA) is 47.9 Å².